The van der Waals surface area contributed by atoms with Crippen molar-refractivity contribution in [1.29, 1.82) is 0 Å². The van der Waals surface area contributed by atoms with E-state index in [9.17, 15) is 9.59 Å². The summed E-state index contributed by atoms with van der Waals surface area (Å²) < 4.78 is 12.5. The Balaban J connectivity index is 1.50. The third kappa shape index (κ3) is 4.68. The molecule has 1 aliphatic heterocycles. The monoisotopic (exact) mass is 490 g/mol. The maximum absolute atomic E-state index is 12.9. The van der Waals surface area contributed by atoms with Crippen molar-refractivity contribution in [1.82, 2.24) is 0 Å². The second kappa shape index (κ2) is 9.13. The summed E-state index contributed by atoms with van der Waals surface area (Å²) in [5.41, 5.74) is 3.99. The Morgan fingerprint density at radius 2 is 1.75 bits per heavy atom. The van der Waals surface area contributed by atoms with Gasteiger partial charge in [0.2, 0.25) is 5.78 Å². The van der Waals surface area contributed by atoms with Crippen molar-refractivity contribution in [2.24, 2.45) is 0 Å². The molecule has 3 aromatic rings. The molecule has 1 heterocycles. The number of ether oxygens (including phenoxy) is 2. The number of carbonyl (C=O) groups is 2. The fourth-order valence-corrected chi connectivity index (χ4v) is 3.82. The fourth-order valence-electron chi connectivity index (χ4n) is 3.56. The van der Waals surface area contributed by atoms with Crippen LogP contribution in [0.15, 0.2) is 70.9 Å². The lowest BCUT2D eigenvalue weighted by Gasteiger charge is -2.09. The molecule has 0 aliphatic carbocycles. The van der Waals surface area contributed by atoms with Gasteiger partial charge in [0.1, 0.15) is 11.5 Å². The first-order valence-electron chi connectivity index (χ1n) is 10.4. The lowest BCUT2D eigenvalue weighted by atomic mass is 10.0. The molecule has 0 bridgehead atoms. The Bertz CT molecular complexity index is 1210. The van der Waals surface area contributed by atoms with E-state index < -0.39 is 0 Å². The Morgan fingerprint density at radius 3 is 2.41 bits per heavy atom. The largest absolute Gasteiger partial charge is 0.485 e. The van der Waals surface area contributed by atoms with Crippen LogP contribution in [-0.2, 0) is 0 Å². The molecule has 0 radical (unpaired) electrons. The van der Waals surface area contributed by atoms with Crippen molar-refractivity contribution in [3.63, 3.8) is 0 Å². The summed E-state index contributed by atoms with van der Waals surface area (Å²) in [6, 6.07) is 18.6. The molecule has 0 fully saturated rings. The normalized spacial score (nSPS) is 13.9. The molecular weight excluding hydrogens is 468 g/mol. The summed E-state index contributed by atoms with van der Waals surface area (Å²) in [7, 11) is 0. The highest BCUT2D eigenvalue weighted by Gasteiger charge is 2.30. The van der Waals surface area contributed by atoms with Gasteiger partial charge in [0.25, 0.3) is 0 Å². The van der Waals surface area contributed by atoms with Crippen LogP contribution in [0.5, 0.6) is 11.5 Å². The molecule has 1 aliphatic rings. The zero-order valence-corrected chi connectivity index (χ0v) is 19.7. The van der Waals surface area contributed by atoms with E-state index in [1.807, 2.05) is 31.2 Å². The van der Waals surface area contributed by atoms with E-state index in [-0.39, 0.29) is 23.9 Å². The van der Waals surface area contributed by atoms with E-state index in [0.717, 1.165) is 15.6 Å². The molecule has 0 saturated heterocycles. The molecular formula is C27H23BrO4. The highest BCUT2D eigenvalue weighted by molar-refractivity contribution is 9.10. The van der Waals surface area contributed by atoms with Crippen molar-refractivity contribution >= 4 is 33.6 Å². The van der Waals surface area contributed by atoms with E-state index in [0.29, 0.717) is 28.5 Å². The number of aryl methyl sites for hydroxylation is 1. The van der Waals surface area contributed by atoms with Gasteiger partial charge < -0.3 is 9.47 Å². The van der Waals surface area contributed by atoms with Crippen LogP contribution in [0.3, 0.4) is 0 Å². The molecule has 4 nitrogen and oxygen atoms in total. The molecule has 162 valence electrons. The third-order valence-electron chi connectivity index (χ3n) is 5.38. The van der Waals surface area contributed by atoms with Crippen LogP contribution in [0.1, 0.15) is 57.2 Å². The maximum Gasteiger partial charge on any atom is 0.232 e. The molecule has 0 amide bonds. The Hall–Kier alpha value is -3.18. The first kappa shape index (κ1) is 22.0. The van der Waals surface area contributed by atoms with Gasteiger partial charge in [-0.3, -0.25) is 9.59 Å². The van der Waals surface area contributed by atoms with Crippen LogP contribution in [0.4, 0.5) is 0 Å². The van der Waals surface area contributed by atoms with Crippen molar-refractivity contribution in [2.45, 2.75) is 26.7 Å². The van der Waals surface area contributed by atoms with Crippen LogP contribution in [0.25, 0.3) is 6.08 Å². The van der Waals surface area contributed by atoms with E-state index in [4.69, 9.17) is 9.47 Å². The summed E-state index contributed by atoms with van der Waals surface area (Å²) in [6.45, 7) is 6.02. The molecule has 4 rings (SSSR count). The number of halogens is 1. The quantitative estimate of drug-likeness (QED) is 0.283. The predicted octanol–water partition coefficient (Wildman–Crippen LogP) is 6.76. The standard InChI is InChI=1S/C27H23BrO4/c1-16(2)19-6-4-18(5-7-19)13-25-27(30)26-17(3)12-22(14-24(26)32-25)31-15-23(29)20-8-10-21(28)11-9-20/h4-14,16H,15H2,1-3H3/b25-13-. The van der Waals surface area contributed by atoms with Gasteiger partial charge in [-0.25, -0.2) is 0 Å². The number of allylic oxidation sites excluding steroid dienone is 1. The number of Topliss-reactive ketones (excluding diaryl/α,β-unsaturated/α-hetero) is 2. The van der Waals surface area contributed by atoms with Gasteiger partial charge in [0, 0.05) is 16.1 Å². The van der Waals surface area contributed by atoms with Crippen LogP contribution in [0.2, 0.25) is 0 Å². The van der Waals surface area contributed by atoms with Crippen LogP contribution < -0.4 is 9.47 Å². The first-order valence-corrected chi connectivity index (χ1v) is 11.2. The van der Waals surface area contributed by atoms with Gasteiger partial charge in [0.05, 0.1) is 5.56 Å². The van der Waals surface area contributed by atoms with Crippen molar-refractivity contribution in [3.05, 3.63) is 98.7 Å². The second-order valence-electron chi connectivity index (χ2n) is 8.09. The molecule has 0 N–H and O–H groups in total. The molecule has 0 aromatic heterocycles. The van der Waals surface area contributed by atoms with E-state index in [1.165, 1.54) is 5.56 Å². The van der Waals surface area contributed by atoms with Crippen molar-refractivity contribution < 1.29 is 19.1 Å². The summed E-state index contributed by atoms with van der Waals surface area (Å²) >= 11 is 3.36. The van der Waals surface area contributed by atoms with Crippen molar-refractivity contribution in [2.75, 3.05) is 6.61 Å². The molecule has 0 saturated carbocycles. The highest BCUT2D eigenvalue weighted by atomic mass is 79.9. The number of ketones is 2. The number of hydrogen-bond donors (Lipinski definition) is 0. The Labute approximate surface area is 196 Å². The average molecular weight is 491 g/mol. The van der Waals surface area contributed by atoms with Gasteiger partial charge in [-0.15, -0.1) is 0 Å². The lowest BCUT2D eigenvalue weighted by Crippen LogP contribution is -2.11. The molecule has 5 heteroatoms. The van der Waals surface area contributed by atoms with Gasteiger partial charge in [0.15, 0.2) is 18.1 Å². The lowest BCUT2D eigenvalue weighted by molar-refractivity contribution is 0.0920. The van der Waals surface area contributed by atoms with Gasteiger partial charge in [-0.2, -0.15) is 0 Å². The second-order valence-corrected chi connectivity index (χ2v) is 9.01. The average Bonchev–Trinajstić information content (AvgIpc) is 3.08. The van der Waals surface area contributed by atoms with Gasteiger partial charge >= 0.3 is 0 Å². The molecule has 0 spiro atoms. The highest BCUT2D eigenvalue weighted by Crippen LogP contribution is 2.37. The predicted molar refractivity (Wildman–Crippen MR) is 129 cm³/mol. The maximum atomic E-state index is 12.9. The zero-order valence-electron chi connectivity index (χ0n) is 18.1. The Morgan fingerprint density at radius 1 is 1.06 bits per heavy atom. The SMILES string of the molecule is Cc1cc(OCC(=O)c2ccc(Br)cc2)cc2c1C(=O)/C(=C/c1ccc(C(C)C)cc1)O2. The van der Waals surface area contributed by atoms with Crippen molar-refractivity contribution in [3.8, 4) is 11.5 Å². The van der Waals surface area contributed by atoms with Crippen LogP contribution >= 0.6 is 15.9 Å². The third-order valence-corrected chi connectivity index (χ3v) is 5.91. The molecule has 0 unspecified atom stereocenters. The van der Waals surface area contributed by atoms with Gasteiger partial charge in [-0.1, -0.05) is 66.2 Å². The van der Waals surface area contributed by atoms with E-state index in [1.54, 1.807) is 30.3 Å². The van der Waals surface area contributed by atoms with Gasteiger partial charge in [-0.05, 0) is 53.8 Å². The number of hydrogen-bond acceptors (Lipinski definition) is 4. The fraction of sp³-hybridized carbons (Fsp3) is 0.185. The number of benzene rings is 3. The van der Waals surface area contributed by atoms with Crippen LogP contribution in [-0.4, -0.2) is 18.2 Å². The number of rotatable bonds is 6. The molecule has 0 atom stereocenters. The minimum Gasteiger partial charge on any atom is -0.485 e. The number of carbonyl (C=O) groups excluding carboxylic acids is 2. The number of fused-ring (bicyclic) bond motifs is 1. The minimum atomic E-state index is -0.150. The summed E-state index contributed by atoms with van der Waals surface area (Å²) in [5.74, 6) is 1.39. The van der Waals surface area contributed by atoms with E-state index in [2.05, 4.69) is 41.9 Å². The van der Waals surface area contributed by atoms with E-state index >= 15 is 0 Å². The topological polar surface area (TPSA) is 52.6 Å². The first-order chi connectivity index (χ1) is 15.3. The summed E-state index contributed by atoms with van der Waals surface area (Å²) in [6.07, 6.45) is 1.75. The molecule has 32 heavy (non-hydrogen) atoms. The molecule has 3 aromatic carbocycles. The van der Waals surface area contributed by atoms with Crippen LogP contribution in [0, 0.1) is 6.92 Å². The smallest absolute Gasteiger partial charge is 0.232 e. The zero-order chi connectivity index (χ0) is 22.8. The Kier molecular flexibility index (Phi) is 6.28. The minimum absolute atomic E-state index is 0.0985. The summed E-state index contributed by atoms with van der Waals surface area (Å²) in [4.78, 5) is 25.3. The summed E-state index contributed by atoms with van der Waals surface area (Å²) in [5, 5.41) is 0.